The van der Waals surface area contributed by atoms with Crippen molar-refractivity contribution in [1.82, 2.24) is 21.3 Å². The number of nitrogens with one attached hydrogen (secondary N) is 4. The zero-order valence-corrected chi connectivity index (χ0v) is 25.0. The fourth-order valence-electron chi connectivity index (χ4n) is 0.791. The third-order valence-corrected chi connectivity index (χ3v) is 2.37. The fourth-order valence-corrected chi connectivity index (χ4v) is 0.981. The zero-order chi connectivity index (χ0) is 18.7. The van der Waals surface area contributed by atoms with Gasteiger partial charge in [0.05, 0.1) is 0 Å². The van der Waals surface area contributed by atoms with Crippen LogP contribution in [0.4, 0.5) is 8.78 Å². The molecular weight excluding hydrogens is 897 g/mol. The number of hydrogen-bond acceptors (Lipinski definition) is 4. The van der Waals surface area contributed by atoms with E-state index in [2.05, 4.69) is 43.6 Å². The van der Waals surface area contributed by atoms with E-state index in [0.717, 1.165) is 35.7 Å². The molecule has 0 bridgehead atoms. The zero-order valence-electron chi connectivity index (χ0n) is 14.5. The molecule has 4 N–H and O–H groups in total. The summed E-state index contributed by atoms with van der Waals surface area (Å²) in [5.41, 5.74) is 0. The van der Waals surface area contributed by atoms with Gasteiger partial charge in [0.15, 0.2) is 0 Å². The van der Waals surface area contributed by atoms with Crippen molar-refractivity contribution in [3.05, 3.63) is 27.7 Å². The summed E-state index contributed by atoms with van der Waals surface area (Å²) >= 11 is 0.753. The third-order valence-electron chi connectivity index (χ3n) is 1.88. The average Bonchev–Trinajstić information content (AvgIpc) is 2.49. The van der Waals surface area contributed by atoms with Crippen LogP contribution in [0.15, 0.2) is 0 Å². The third kappa shape index (κ3) is 37.1. The minimum Gasteiger partial charge on any atom is -0.380 e. The Bertz CT molecular complexity index is 298. The van der Waals surface area contributed by atoms with Crippen LogP contribution in [0.25, 0.3) is 0 Å². The van der Waals surface area contributed by atoms with Gasteiger partial charge in [0.2, 0.25) is 5.91 Å². The molecule has 2 amide bonds. The van der Waals surface area contributed by atoms with Crippen LogP contribution in [0.5, 0.6) is 0 Å². The first kappa shape index (κ1) is 37.3. The molecule has 0 radical (unpaired) electrons. The summed E-state index contributed by atoms with van der Waals surface area (Å²) in [4.78, 5) is 20.7. The summed E-state index contributed by atoms with van der Waals surface area (Å²) in [6, 6.07) is 0. The van der Waals surface area contributed by atoms with Crippen molar-refractivity contribution in [2.24, 2.45) is 0 Å². The Morgan fingerprint density at radius 2 is 1.40 bits per heavy atom. The summed E-state index contributed by atoms with van der Waals surface area (Å²) in [6.45, 7) is 16.7. The molecule has 0 aliphatic carbocycles. The van der Waals surface area contributed by atoms with Crippen molar-refractivity contribution >= 4 is 34.4 Å². The van der Waals surface area contributed by atoms with Crippen LogP contribution in [0.3, 0.4) is 0 Å². The Labute approximate surface area is 211 Å². The van der Waals surface area contributed by atoms with Crippen LogP contribution < -0.4 is 21.3 Å². The molecule has 0 saturated heterocycles. The van der Waals surface area contributed by atoms with E-state index >= 15 is 0 Å². The predicted molar refractivity (Wildman–Crippen MR) is 97.8 cm³/mol. The molecule has 144 valence electrons. The number of amides is 2. The summed E-state index contributed by atoms with van der Waals surface area (Å²) in [5.74, 6) is -1.23. The molecule has 0 atom stereocenters. The molecule has 25 heavy (non-hydrogen) atoms. The second kappa shape index (κ2) is 27.8. The molecule has 0 aromatic rings. The van der Waals surface area contributed by atoms with Crippen molar-refractivity contribution in [3.8, 4) is 0 Å². The van der Waals surface area contributed by atoms with E-state index in [1.165, 1.54) is 0 Å². The van der Waals surface area contributed by atoms with E-state index in [1.807, 2.05) is 5.32 Å². The van der Waals surface area contributed by atoms with Gasteiger partial charge in [0, 0.05) is 42.6 Å². The van der Waals surface area contributed by atoms with Crippen LogP contribution in [0.2, 0.25) is 0 Å². The predicted octanol–water partition coefficient (Wildman–Crippen LogP) is 0.755. The van der Waals surface area contributed by atoms with Crippen LogP contribution in [0.1, 0.15) is 6.42 Å². The topological polar surface area (TPSA) is 82.3 Å². The van der Waals surface area contributed by atoms with Crippen LogP contribution in [-0.2, 0) is 9.59 Å². The monoisotopic (exact) mass is 924 g/mol. The maximum Gasteiger partial charge on any atom is 2.00 e. The molecular formula is C14H27F2IN4O2U2. The molecule has 0 aliphatic heterocycles. The normalized spacial score (nSPS) is 8.96. The minimum absolute atomic E-state index is 0. The van der Waals surface area contributed by atoms with Gasteiger partial charge in [-0.25, -0.2) is 0 Å². The first-order chi connectivity index (χ1) is 10.7. The quantitative estimate of drug-likeness (QED) is 0.126. The minimum atomic E-state index is -3.31. The SMILES string of the molecule is [CH2-]CNC(=O)C(F)(F)I.[CH2-]CNCCC(=O)NC.[CH2-]CNC[CH2-].[U+2].[U+2]. The van der Waals surface area contributed by atoms with E-state index in [1.54, 1.807) is 7.05 Å². The number of carbonyl (C=O) groups is 2. The molecule has 0 rings (SSSR count). The second-order valence-electron chi connectivity index (χ2n) is 3.68. The molecule has 6 nitrogen and oxygen atoms in total. The van der Waals surface area contributed by atoms with Gasteiger partial charge in [-0.1, -0.05) is 0 Å². The van der Waals surface area contributed by atoms with Crippen LogP contribution in [0, 0.1) is 89.9 Å². The summed E-state index contributed by atoms with van der Waals surface area (Å²) in [7, 11) is 1.63. The fraction of sp³-hybridized carbons (Fsp3) is 0.571. The second-order valence-corrected chi connectivity index (χ2v) is 5.03. The molecule has 0 aliphatic rings. The van der Waals surface area contributed by atoms with Gasteiger partial charge in [-0.2, -0.15) is 8.78 Å². The molecule has 0 aromatic heterocycles. The number of hydrogen-bond donors (Lipinski definition) is 4. The summed E-state index contributed by atoms with van der Waals surface area (Å²) in [5, 5.41) is 10.2. The maximum absolute atomic E-state index is 11.8. The van der Waals surface area contributed by atoms with Crippen molar-refractivity contribution in [2.75, 3.05) is 39.8 Å². The van der Waals surface area contributed by atoms with Crippen LogP contribution >= 0.6 is 22.6 Å². The largest absolute Gasteiger partial charge is 2.00 e. The Morgan fingerprint density at radius 1 is 0.960 bits per heavy atom. The first-order valence-corrected chi connectivity index (χ1v) is 7.93. The Balaban J connectivity index is -0.0000000800. The molecule has 0 unspecified atom stereocenters. The number of carbonyl (C=O) groups excluding carboxylic acids is 2. The first-order valence-electron chi connectivity index (χ1n) is 6.85. The Kier molecular flexibility index (Phi) is 41.5. The molecule has 0 aromatic carbocycles. The van der Waals surface area contributed by atoms with Crippen molar-refractivity contribution in [1.29, 1.82) is 0 Å². The van der Waals surface area contributed by atoms with E-state index in [4.69, 9.17) is 0 Å². The average molecular weight is 924 g/mol. The standard InChI is InChI=1S/C6H13N2O.C4H5F2INO.C4H9N.2U/c1-3-8-5-4-6(9)7-2;1-2-8-3(9)4(5,6)7;1-3-5-4-2;;/h8H,1,3-5H2,2H3,(H,7,9);1-2H2,(H,8,9);5H,1-4H2;;/q2*-1;-2;2*+2. The molecule has 0 fully saturated rings. The Hall–Kier alpha value is 1.55. The summed E-state index contributed by atoms with van der Waals surface area (Å²) < 4.78 is 20.4. The van der Waals surface area contributed by atoms with Crippen molar-refractivity contribution in [3.63, 3.8) is 0 Å². The van der Waals surface area contributed by atoms with Gasteiger partial charge in [-0.15, -0.1) is 26.2 Å². The van der Waals surface area contributed by atoms with Gasteiger partial charge >= 0.3 is 66.2 Å². The molecule has 0 heterocycles. The van der Waals surface area contributed by atoms with E-state index in [0.29, 0.717) is 19.5 Å². The van der Waals surface area contributed by atoms with Crippen LogP contribution in [-0.4, -0.2) is 55.5 Å². The van der Waals surface area contributed by atoms with Gasteiger partial charge in [0.25, 0.3) is 5.91 Å². The van der Waals surface area contributed by atoms with Crippen molar-refractivity contribution < 1.29 is 80.6 Å². The number of rotatable bonds is 8. The van der Waals surface area contributed by atoms with Gasteiger partial charge in [-0.3, -0.25) is 9.59 Å². The smallest absolute Gasteiger partial charge is 0.380 e. The van der Waals surface area contributed by atoms with Gasteiger partial charge in [0.1, 0.15) is 0 Å². The van der Waals surface area contributed by atoms with Gasteiger partial charge < -0.3 is 49.0 Å². The molecule has 0 spiro atoms. The van der Waals surface area contributed by atoms with Crippen molar-refractivity contribution in [2.45, 2.75) is 10.4 Å². The number of alkyl halides is 3. The van der Waals surface area contributed by atoms with Gasteiger partial charge in [-0.05, 0) is 0 Å². The maximum atomic E-state index is 11.8. The van der Waals surface area contributed by atoms with E-state index in [-0.39, 0.29) is 74.7 Å². The Morgan fingerprint density at radius 3 is 1.60 bits per heavy atom. The molecule has 0 saturated carbocycles. The summed E-state index contributed by atoms with van der Waals surface area (Å²) in [6.07, 6.45) is 0.534. The molecule has 11 heteroatoms. The van der Waals surface area contributed by atoms with E-state index in [9.17, 15) is 18.4 Å². The number of halogens is 3. The van der Waals surface area contributed by atoms with E-state index < -0.39 is 9.84 Å².